The number of nitrogens with one attached hydrogen (secondary N) is 2. The Bertz CT molecular complexity index is 890. The highest BCUT2D eigenvalue weighted by Crippen LogP contribution is 2.58. The van der Waals surface area contributed by atoms with Crippen LogP contribution in [-0.2, 0) is 19.1 Å². The van der Waals surface area contributed by atoms with Gasteiger partial charge in [0.25, 0.3) is 0 Å². The van der Waals surface area contributed by atoms with Gasteiger partial charge in [0.1, 0.15) is 11.6 Å². The van der Waals surface area contributed by atoms with E-state index in [4.69, 9.17) is 16.3 Å². The van der Waals surface area contributed by atoms with Crippen LogP contribution in [0.3, 0.4) is 0 Å². The molecule has 2 unspecified atom stereocenters. The molecule has 32 heavy (non-hydrogen) atoms. The fourth-order valence-electron chi connectivity index (χ4n) is 5.61. The van der Waals surface area contributed by atoms with Gasteiger partial charge in [-0.15, -0.1) is 0 Å². The van der Waals surface area contributed by atoms with E-state index < -0.39 is 29.5 Å². The fourth-order valence-corrected chi connectivity index (χ4v) is 5.73. The highest BCUT2D eigenvalue weighted by atomic mass is 35.5. The van der Waals surface area contributed by atoms with Crippen LogP contribution in [0.15, 0.2) is 24.3 Å². The highest BCUT2D eigenvalue weighted by Gasteiger charge is 2.74. The van der Waals surface area contributed by atoms with Gasteiger partial charge in [-0.25, -0.2) is 0 Å². The van der Waals surface area contributed by atoms with Crippen molar-refractivity contribution in [3.63, 3.8) is 0 Å². The number of likely N-dealkylation sites (tertiary alicyclic amines) is 1. The molecule has 1 aromatic carbocycles. The Morgan fingerprint density at radius 1 is 1.28 bits per heavy atom. The second-order valence-electron chi connectivity index (χ2n) is 8.83. The first-order valence-electron chi connectivity index (χ1n) is 11.3. The van der Waals surface area contributed by atoms with Crippen LogP contribution in [0.5, 0.6) is 0 Å². The van der Waals surface area contributed by atoms with Crippen molar-refractivity contribution in [3.8, 4) is 0 Å². The standard InChI is InChI=1S/C23H30ClN3O5/c1-3-11-25-20(29)17-16-9-10-23(32-16)18(17)22(31)27(15(4-2)12-28)19(23)21(30)26-14-7-5-13(24)6-8-14/h5-8,15-19,28H,3-4,9-12H2,1-2H3,(H,25,29)(H,26,30)/t15-,16-,17+,18-,19?,23?/m0/s1. The zero-order valence-electron chi connectivity index (χ0n) is 18.3. The van der Waals surface area contributed by atoms with Gasteiger partial charge < -0.3 is 25.4 Å². The van der Waals surface area contributed by atoms with Crippen molar-refractivity contribution in [2.24, 2.45) is 11.8 Å². The summed E-state index contributed by atoms with van der Waals surface area (Å²) in [5.74, 6) is -2.24. The van der Waals surface area contributed by atoms with E-state index in [2.05, 4.69) is 10.6 Å². The molecule has 3 aliphatic heterocycles. The molecule has 9 heteroatoms. The van der Waals surface area contributed by atoms with Gasteiger partial charge in [0.05, 0.1) is 30.6 Å². The quantitative estimate of drug-likeness (QED) is 0.546. The summed E-state index contributed by atoms with van der Waals surface area (Å²) in [5, 5.41) is 16.3. The Morgan fingerprint density at radius 3 is 2.62 bits per heavy atom. The van der Waals surface area contributed by atoms with Gasteiger partial charge in [-0.3, -0.25) is 14.4 Å². The first-order valence-corrected chi connectivity index (χ1v) is 11.7. The monoisotopic (exact) mass is 463 g/mol. The number of benzene rings is 1. The van der Waals surface area contributed by atoms with E-state index in [0.29, 0.717) is 36.5 Å². The lowest BCUT2D eigenvalue weighted by molar-refractivity contribution is -0.144. The number of carbonyl (C=O) groups is 3. The zero-order valence-corrected chi connectivity index (χ0v) is 19.1. The number of carbonyl (C=O) groups excluding carboxylic acids is 3. The highest BCUT2D eigenvalue weighted by molar-refractivity contribution is 6.30. The van der Waals surface area contributed by atoms with Crippen LogP contribution in [-0.4, -0.2) is 64.7 Å². The number of nitrogens with zero attached hydrogens (tertiary/aromatic N) is 1. The SMILES string of the molecule is CCCNC(=O)[C@@H]1[C@@H]2CCC3(O2)C(C(=O)Nc2ccc(Cl)cc2)N([C@@H](CC)CO)C(=O)[C@H]13. The summed E-state index contributed by atoms with van der Waals surface area (Å²) in [5.41, 5.74) is -0.525. The third-order valence-corrected chi connectivity index (χ3v) is 7.28. The van der Waals surface area contributed by atoms with Crippen molar-refractivity contribution >= 4 is 35.0 Å². The van der Waals surface area contributed by atoms with Crippen molar-refractivity contribution in [2.45, 2.75) is 63.3 Å². The second kappa shape index (κ2) is 9.00. The van der Waals surface area contributed by atoms with E-state index in [-0.39, 0.29) is 30.4 Å². The number of hydrogen-bond donors (Lipinski definition) is 3. The molecule has 0 aliphatic carbocycles. The Morgan fingerprint density at radius 2 is 2.00 bits per heavy atom. The van der Waals surface area contributed by atoms with Crippen LogP contribution in [0.25, 0.3) is 0 Å². The molecule has 4 rings (SSSR count). The molecule has 3 saturated heterocycles. The van der Waals surface area contributed by atoms with Crippen LogP contribution in [0, 0.1) is 11.8 Å². The molecule has 174 valence electrons. The number of amides is 3. The number of aliphatic hydroxyl groups is 1. The summed E-state index contributed by atoms with van der Waals surface area (Å²) in [6.45, 7) is 4.07. The van der Waals surface area contributed by atoms with Crippen LogP contribution >= 0.6 is 11.6 Å². The molecule has 0 radical (unpaired) electrons. The predicted molar refractivity (Wildman–Crippen MR) is 119 cm³/mol. The summed E-state index contributed by atoms with van der Waals surface area (Å²) < 4.78 is 6.34. The molecule has 0 saturated carbocycles. The third kappa shape index (κ3) is 3.58. The van der Waals surface area contributed by atoms with Crippen LogP contribution < -0.4 is 10.6 Å². The van der Waals surface area contributed by atoms with Gasteiger partial charge in [-0.05, 0) is 49.9 Å². The maximum atomic E-state index is 13.7. The summed E-state index contributed by atoms with van der Waals surface area (Å²) in [6, 6.07) is 5.25. The van der Waals surface area contributed by atoms with Gasteiger partial charge in [-0.1, -0.05) is 25.4 Å². The minimum atomic E-state index is -1.07. The average Bonchev–Trinajstić information content (AvgIpc) is 3.42. The van der Waals surface area contributed by atoms with E-state index in [1.165, 1.54) is 4.90 Å². The fraction of sp³-hybridized carbons (Fsp3) is 0.609. The third-order valence-electron chi connectivity index (χ3n) is 7.03. The molecule has 3 aliphatic rings. The van der Waals surface area contributed by atoms with Crippen LogP contribution in [0.4, 0.5) is 5.69 Å². The van der Waals surface area contributed by atoms with Crippen LogP contribution in [0.1, 0.15) is 39.5 Å². The summed E-state index contributed by atoms with van der Waals surface area (Å²) >= 11 is 5.95. The summed E-state index contributed by atoms with van der Waals surface area (Å²) in [7, 11) is 0. The Labute approximate surface area is 192 Å². The number of hydrogen-bond acceptors (Lipinski definition) is 5. The maximum absolute atomic E-state index is 13.7. The molecule has 3 heterocycles. The van der Waals surface area contributed by atoms with E-state index >= 15 is 0 Å². The summed E-state index contributed by atoms with van der Waals surface area (Å²) in [6.07, 6.45) is 2.01. The zero-order chi connectivity index (χ0) is 23.0. The molecule has 3 fully saturated rings. The molecule has 1 aromatic rings. The summed E-state index contributed by atoms with van der Waals surface area (Å²) in [4.78, 5) is 41.7. The van der Waals surface area contributed by atoms with Crippen molar-refractivity contribution in [3.05, 3.63) is 29.3 Å². The van der Waals surface area contributed by atoms with Gasteiger partial charge in [-0.2, -0.15) is 0 Å². The predicted octanol–water partition coefficient (Wildman–Crippen LogP) is 1.95. The van der Waals surface area contributed by atoms with Crippen LogP contribution in [0.2, 0.25) is 5.02 Å². The molecular weight excluding hydrogens is 434 g/mol. The first kappa shape index (κ1) is 23.0. The lowest BCUT2D eigenvalue weighted by atomic mass is 9.70. The number of anilines is 1. The minimum absolute atomic E-state index is 0.201. The average molecular weight is 464 g/mol. The van der Waals surface area contributed by atoms with Crippen molar-refractivity contribution in [1.82, 2.24) is 10.2 Å². The minimum Gasteiger partial charge on any atom is -0.394 e. The number of fused-ring (bicyclic) bond motifs is 1. The number of ether oxygens (including phenoxy) is 1. The van der Waals surface area contributed by atoms with Crippen molar-refractivity contribution in [1.29, 1.82) is 0 Å². The molecule has 0 aromatic heterocycles. The van der Waals surface area contributed by atoms with E-state index in [1.807, 2.05) is 13.8 Å². The van der Waals surface area contributed by atoms with Crippen molar-refractivity contribution < 1.29 is 24.2 Å². The molecule has 1 spiro atoms. The molecule has 3 N–H and O–H groups in total. The lowest BCUT2D eigenvalue weighted by Crippen LogP contribution is -2.56. The second-order valence-corrected chi connectivity index (χ2v) is 9.27. The van der Waals surface area contributed by atoms with E-state index in [9.17, 15) is 19.5 Å². The molecule has 6 atom stereocenters. The van der Waals surface area contributed by atoms with Gasteiger partial charge in [0, 0.05) is 17.3 Å². The molecule has 8 nitrogen and oxygen atoms in total. The number of aliphatic hydroxyl groups excluding tert-OH is 1. The number of halogens is 1. The number of rotatable bonds is 8. The van der Waals surface area contributed by atoms with E-state index in [0.717, 1.165) is 6.42 Å². The van der Waals surface area contributed by atoms with E-state index in [1.54, 1.807) is 24.3 Å². The normalized spacial score (nSPS) is 31.5. The van der Waals surface area contributed by atoms with Crippen molar-refractivity contribution in [2.75, 3.05) is 18.5 Å². The molecular formula is C23H30ClN3O5. The smallest absolute Gasteiger partial charge is 0.250 e. The molecule has 2 bridgehead atoms. The molecule has 3 amide bonds. The Hall–Kier alpha value is -2.16. The van der Waals surface area contributed by atoms with Gasteiger partial charge in [0.2, 0.25) is 17.7 Å². The Kier molecular flexibility index (Phi) is 6.47. The topological polar surface area (TPSA) is 108 Å². The Balaban J connectivity index is 1.70. The van der Waals surface area contributed by atoms with Gasteiger partial charge in [0.15, 0.2) is 0 Å². The largest absolute Gasteiger partial charge is 0.394 e. The maximum Gasteiger partial charge on any atom is 0.250 e. The first-order chi connectivity index (χ1) is 15.4. The lowest BCUT2D eigenvalue weighted by Gasteiger charge is -2.36. The van der Waals surface area contributed by atoms with Gasteiger partial charge >= 0.3 is 0 Å².